The lowest BCUT2D eigenvalue weighted by Gasteiger charge is -2.26. The Labute approximate surface area is 360 Å². The van der Waals surface area contributed by atoms with E-state index in [9.17, 15) is 0 Å². The second kappa shape index (κ2) is 13.0. The Morgan fingerprint density at radius 2 is 0.968 bits per heavy atom. The van der Waals surface area contributed by atoms with E-state index in [1.54, 1.807) is 0 Å². The summed E-state index contributed by atoms with van der Waals surface area (Å²) in [5.41, 5.74) is 8.90. The third-order valence-corrected chi connectivity index (χ3v) is 13.1. The maximum Gasteiger partial charge on any atom is 0.234 e. The molecule has 0 saturated heterocycles. The molecule has 0 radical (unpaired) electrons. The van der Waals surface area contributed by atoms with Crippen LogP contribution in [0, 0.1) is 0 Å². The van der Waals surface area contributed by atoms with Crippen LogP contribution < -0.4 is 5.32 Å². The van der Waals surface area contributed by atoms with Gasteiger partial charge in [-0.1, -0.05) is 146 Å². The van der Waals surface area contributed by atoms with Crippen LogP contribution in [0.15, 0.2) is 215 Å². The van der Waals surface area contributed by atoms with Gasteiger partial charge in [0.05, 0.1) is 27.8 Å². The van der Waals surface area contributed by atoms with Crippen LogP contribution in [0.1, 0.15) is 17.3 Å². The Hall–Kier alpha value is -8.48. The zero-order valence-corrected chi connectivity index (χ0v) is 33.8. The molecule has 13 aromatic rings. The van der Waals surface area contributed by atoms with Crippen LogP contribution in [0.3, 0.4) is 0 Å². The first-order chi connectivity index (χ1) is 31.2. The molecule has 0 saturated carbocycles. The molecule has 10 aromatic carbocycles. The van der Waals surface area contributed by atoms with Crippen LogP contribution in [0.5, 0.6) is 0 Å². The van der Waals surface area contributed by atoms with Crippen LogP contribution in [0.4, 0.5) is 0 Å². The molecule has 1 atom stereocenters. The number of aliphatic imine (C=N–C) groups is 2. The number of aromatic nitrogens is 2. The summed E-state index contributed by atoms with van der Waals surface area (Å²) in [7, 11) is 0. The fourth-order valence-electron chi connectivity index (χ4n) is 10.2. The van der Waals surface area contributed by atoms with Crippen molar-refractivity contribution in [1.82, 2.24) is 14.5 Å². The lowest BCUT2D eigenvalue weighted by Crippen LogP contribution is -2.35. The quantitative estimate of drug-likeness (QED) is 0.193. The SMILES string of the molecule is c1ccc(C2N=C(n3c4ccccc4c4ccccc43)N=C(c3cc4oc5ccc6ccccc6c5c4cc3-n3c4cc5ccccc5cc4c4cc5ccccc5cc43)N2)cc1. The Morgan fingerprint density at radius 3 is 1.62 bits per heavy atom. The molecular weight excluding hydrogens is 771 g/mol. The van der Waals surface area contributed by atoms with Crippen LogP contribution in [0.25, 0.3) is 104 Å². The molecule has 14 rings (SSSR count). The smallest absolute Gasteiger partial charge is 0.234 e. The van der Waals surface area contributed by atoms with E-state index >= 15 is 0 Å². The Morgan fingerprint density at radius 1 is 0.413 bits per heavy atom. The highest BCUT2D eigenvalue weighted by Crippen LogP contribution is 2.42. The molecular formula is C57H35N5O. The van der Waals surface area contributed by atoms with Crippen molar-refractivity contribution in [3.63, 3.8) is 0 Å². The number of fused-ring (bicyclic) bond motifs is 13. The normalized spacial score (nSPS) is 14.5. The van der Waals surface area contributed by atoms with Gasteiger partial charge in [-0.05, 0) is 92.5 Å². The first-order valence-electron chi connectivity index (χ1n) is 21.4. The fraction of sp³-hybridized carbons (Fsp3) is 0.0175. The summed E-state index contributed by atoms with van der Waals surface area (Å²) in [6.07, 6.45) is -0.428. The Balaban J connectivity index is 1.13. The average molecular weight is 806 g/mol. The van der Waals surface area contributed by atoms with Gasteiger partial charge in [-0.2, -0.15) is 4.99 Å². The van der Waals surface area contributed by atoms with Crippen LogP contribution in [0.2, 0.25) is 0 Å². The molecule has 0 fully saturated rings. The van der Waals surface area contributed by atoms with Gasteiger partial charge in [0, 0.05) is 37.9 Å². The van der Waals surface area contributed by atoms with Crippen molar-refractivity contribution in [2.45, 2.75) is 6.17 Å². The van der Waals surface area contributed by atoms with Gasteiger partial charge in [-0.15, -0.1) is 0 Å². The van der Waals surface area contributed by atoms with Gasteiger partial charge >= 0.3 is 0 Å². The largest absolute Gasteiger partial charge is 0.456 e. The number of hydrogen-bond donors (Lipinski definition) is 1. The highest BCUT2D eigenvalue weighted by atomic mass is 16.3. The van der Waals surface area contributed by atoms with Crippen LogP contribution in [-0.4, -0.2) is 20.9 Å². The van der Waals surface area contributed by atoms with Crippen LogP contribution in [-0.2, 0) is 0 Å². The third kappa shape index (κ3) is 5.06. The lowest BCUT2D eigenvalue weighted by atomic mass is 10.0. The highest BCUT2D eigenvalue weighted by molar-refractivity contribution is 6.23. The second-order valence-electron chi connectivity index (χ2n) is 16.6. The molecule has 3 aromatic heterocycles. The fourth-order valence-corrected chi connectivity index (χ4v) is 10.2. The number of benzene rings is 10. The monoisotopic (exact) mass is 805 g/mol. The van der Waals surface area contributed by atoms with Crippen molar-refractivity contribution in [3.05, 3.63) is 211 Å². The maximum atomic E-state index is 6.85. The van der Waals surface area contributed by atoms with E-state index in [0.717, 1.165) is 77.0 Å². The number of furan rings is 1. The summed E-state index contributed by atoms with van der Waals surface area (Å²) in [6.45, 7) is 0. The zero-order chi connectivity index (χ0) is 41.2. The van der Waals surface area contributed by atoms with E-state index in [1.807, 2.05) is 6.07 Å². The summed E-state index contributed by atoms with van der Waals surface area (Å²) in [5.74, 6) is 1.31. The summed E-state index contributed by atoms with van der Waals surface area (Å²) in [6, 6.07) is 71.6. The second-order valence-corrected chi connectivity index (χ2v) is 16.6. The molecule has 6 nitrogen and oxygen atoms in total. The predicted molar refractivity (Wildman–Crippen MR) is 262 cm³/mol. The van der Waals surface area contributed by atoms with Gasteiger partial charge in [-0.25, -0.2) is 4.99 Å². The molecule has 4 heterocycles. The van der Waals surface area contributed by atoms with Gasteiger partial charge in [0.15, 0.2) is 0 Å². The van der Waals surface area contributed by atoms with E-state index in [1.165, 1.54) is 37.7 Å². The number of nitrogens with zero attached hydrogens (tertiary/aromatic N) is 4. The number of nitrogens with one attached hydrogen (secondary N) is 1. The molecule has 6 heteroatoms. The minimum Gasteiger partial charge on any atom is -0.456 e. The van der Waals surface area contributed by atoms with Gasteiger partial charge < -0.3 is 14.3 Å². The first kappa shape index (κ1) is 34.3. The minimum absolute atomic E-state index is 0.428. The standard InChI is InChI=1S/C57H35N5O/c1-2-15-35(16-3-1)55-58-56(60-57(59-55)62-47-24-12-10-22-41(47)42-23-11-13-25-48(42)62)45-33-53-46(54-40-21-9-8-14-34(40)26-27-52(54)63-53)32-51(45)61-49-30-38-19-6-4-17-36(38)28-43(49)44-29-37-18-5-7-20-39(37)31-50(44)61/h1-33,55H,(H,58,59,60). The zero-order valence-electron chi connectivity index (χ0n) is 33.8. The molecule has 0 aliphatic carbocycles. The molecule has 294 valence electrons. The number of hydrogen-bond acceptors (Lipinski definition) is 4. The lowest BCUT2D eigenvalue weighted by molar-refractivity contribution is 0.664. The summed E-state index contributed by atoms with van der Waals surface area (Å²) >= 11 is 0. The minimum atomic E-state index is -0.428. The summed E-state index contributed by atoms with van der Waals surface area (Å²) in [4.78, 5) is 11.0. The van der Waals surface area contributed by atoms with Gasteiger partial charge in [-0.3, -0.25) is 4.57 Å². The number of para-hydroxylation sites is 2. The molecule has 1 N–H and O–H groups in total. The molecule has 1 aliphatic heterocycles. The van der Waals surface area contributed by atoms with Crippen molar-refractivity contribution >= 4 is 110 Å². The van der Waals surface area contributed by atoms with E-state index in [4.69, 9.17) is 14.4 Å². The Kier molecular flexibility index (Phi) is 7.07. The number of rotatable bonds is 3. The van der Waals surface area contributed by atoms with Crippen molar-refractivity contribution in [2.24, 2.45) is 9.98 Å². The van der Waals surface area contributed by atoms with Gasteiger partial charge in [0.2, 0.25) is 5.96 Å². The van der Waals surface area contributed by atoms with E-state index in [2.05, 4.69) is 209 Å². The van der Waals surface area contributed by atoms with Crippen molar-refractivity contribution in [1.29, 1.82) is 0 Å². The van der Waals surface area contributed by atoms with E-state index < -0.39 is 6.17 Å². The molecule has 0 bridgehead atoms. The molecule has 1 aliphatic rings. The van der Waals surface area contributed by atoms with Crippen molar-refractivity contribution in [3.8, 4) is 5.69 Å². The summed E-state index contributed by atoms with van der Waals surface area (Å²) in [5, 5.41) is 17.8. The predicted octanol–water partition coefficient (Wildman–Crippen LogP) is 14.2. The maximum absolute atomic E-state index is 6.85. The summed E-state index contributed by atoms with van der Waals surface area (Å²) < 4.78 is 11.5. The Bertz CT molecular complexity index is 3980. The first-order valence-corrected chi connectivity index (χ1v) is 21.4. The number of amidine groups is 1. The van der Waals surface area contributed by atoms with Crippen LogP contribution >= 0.6 is 0 Å². The third-order valence-electron chi connectivity index (χ3n) is 13.1. The van der Waals surface area contributed by atoms with Crippen molar-refractivity contribution < 1.29 is 4.42 Å². The van der Waals surface area contributed by atoms with Crippen molar-refractivity contribution in [2.75, 3.05) is 0 Å². The van der Waals surface area contributed by atoms with Gasteiger partial charge in [0.25, 0.3) is 0 Å². The molecule has 0 amide bonds. The molecule has 1 unspecified atom stereocenters. The average Bonchev–Trinajstić information content (AvgIpc) is 3.99. The van der Waals surface area contributed by atoms with E-state index in [-0.39, 0.29) is 0 Å². The topological polar surface area (TPSA) is 59.8 Å². The molecule has 0 spiro atoms. The highest BCUT2D eigenvalue weighted by Gasteiger charge is 2.28. The van der Waals surface area contributed by atoms with Gasteiger partial charge in [0.1, 0.15) is 23.2 Å². The van der Waals surface area contributed by atoms with E-state index in [0.29, 0.717) is 11.8 Å². The molecule has 63 heavy (non-hydrogen) atoms.